The normalized spacial score (nSPS) is 16.1. The minimum Gasteiger partial charge on any atom is -0.497 e. The van der Waals surface area contributed by atoms with Gasteiger partial charge in [-0.3, -0.25) is 4.90 Å². The van der Waals surface area contributed by atoms with Crippen LogP contribution < -0.4 is 10.1 Å². The van der Waals surface area contributed by atoms with Gasteiger partial charge in [0.2, 0.25) is 0 Å². The molecule has 1 aliphatic heterocycles. The average Bonchev–Trinajstić information content (AvgIpc) is 2.63. The number of hydrogen-bond donors (Lipinski definition) is 1. The smallest absolute Gasteiger partial charge is 0.125 e. The van der Waals surface area contributed by atoms with Crippen molar-refractivity contribution >= 4 is 21.7 Å². The molecule has 0 aliphatic carbocycles. The molecule has 1 N–H and O–H groups in total. The van der Waals surface area contributed by atoms with Crippen molar-refractivity contribution in [1.29, 1.82) is 0 Å². The van der Waals surface area contributed by atoms with E-state index in [0.29, 0.717) is 0 Å². The van der Waals surface area contributed by atoms with Crippen LogP contribution in [-0.4, -0.2) is 36.6 Å². The Kier molecular flexibility index (Phi) is 6.10. The molecule has 5 heteroatoms. The molecule has 4 nitrogen and oxygen atoms in total. The summed E-state index contributed by atoms with van der Waals surface area (Å²) in [6.45, 7) is 4.35. The van der Waals surface area contributed by atoms with Crippen molar-refractivity contribution in [3.8, 4) is 5.75 Å². The minimum absolute atomic E-state index is 0.725. The maximum absolute atomic E-state index is 5.21. The summed E-state index contributed by atoms with van der Waals surface area (Å²) in [5.41, 5.74) is 1.35. The standard InChI is InChI=1S/C19H24BrN3O/c1-24-18-5-2-16(3-6-18)14-23-10-8-15(9-11-23)12-21-19-7-4-17(20)13-22-19/h2-7,13,15H,8-12,14H2,1H3,(H,21,22). The minimum atomic E-state index is 0.725. The maximum Gasteiger partial charge on any atom is 0.125 e. The highest BCUT2D eigenvalue weighted by Crippen LogP contribution is 2.21. The van der Waals surface area contributed by atoms with Gasteiger partial charge in [-0.05, 0) is 77.6 Å². The van der Waals surface area contributed by atoms with Gasteiger partial charge in [-0.25, -0.2) is 4.98 Å². The Morgan fingerprint density at radius 3 is 2.54 bits per heavy atom. The van der Waals surface area contributed by atoms with E-state index in [1.807, 2.05) is 30.5 Å². The topological polar surface area (TPSA) is 37.4 Å². The highest BCUT2D eigenvalue weighted by Gasteiger charge is 2.19. The molecule has 0 atom stereocenters. The predicted molar refractivity (Wildman–Crippen MR) is 101 cm³/mol. The van der Waals surface area contributed by atoms with E-state index in [1.165, 1.54) is 18.4 Å². The zero-order valence-electron chi connectivity index (χ0n) is 14.0. The number of pyridine rings is 1. The summed E-state index contributed by atoms with van der Waals surface area (Å²) in [7, 11) is 1.71. The molecule has 0 bridgehead atoms. The van der Waals surface area contributed by atoms with E-state index in [-0.39, 0.29) is 0 Å². The lowest BCUT2D eigenvalue weighted by molar-refractivity contribution is 0.182. The first kappa shape index (κ1) is 17.2. The molecule has 128 valence electrons. The van der Waals surface area contributed by atoms with Gasteiger partial charge in [0.1, 0.15) is 11.6 Å². The largest absolute Gasteiger partial charge is 0.497 e. The number of rotatable bonds is 6. The number of methoxy groups -OCH3 is 1. The number of nitrogens with zero attached hydrogens (tertiary/aromatic N) is 2. The van der Waals surface area contributed by atoms with E-state index in [4.69, 9.17) is 4.74 Å². The van der Waals surface area contributed by atoms with Crippen LogP contribution >= 0.6 is 15.9 Å². The van der Waals surface area contributed by atoms with E-state index in [0.717, 1.165) is 48.1 Å². The molecule has 2 heterocycles. The molecule has 1 saturated heterocycles. The molecule has 3 rings (SSSR count). The van der Waals surface area contributed by atoms with Crippen molar-refractivity contribution in [1.82, 2.24) is 9.88 Å². The Morgan fingerprint density at radius 1 is 1.17 bits per heavy atom. The van der Waals surface area contributed by atoms with E-state index >= 15 is 0 Å². The van der Waals surface area contributed by atoms with E-state index in [2.05, 4.69) is 43.3 Å². The number of anilines is 1. The molecule has 0 unspecified atom stereocenters. The lowest BCUT2D eigenvalue weighted by Gasteiger charge is -2.32. The van der Waals surface area contributed by atoms with Crippen molar-refractivity contribution in [3.05, 3.63) is 52.6 Å². The molecular weight excluding hydrogens is 366 g/mol. The van der Waals surface area contributed by atoms with Crippen molar-refractivity contribution in [2.75, 3.05) is 32.1 Å². The Morgan fingerprint density at radius 2 is 1.92 bits per heavy atom. The zero-order valence-corrected chi connectivity index (χ0v) is 15.6. The van der Waals surface area contributed by atoms with Crippen LogP contribution in [0.4, 0.5) is 5.82 Å². The number of aromatic nitrogens is 1. The summed E-state index contributed by atoms with van der Waals surface area (Å²) in [6, 6.07) is 12.4. The second-order valence-corrected chi connectivity index (χ2v) is 7.23. The Balaban J connectivity index is 1.41. The van der Waals surface area contributed by atoms with Crippen LogP contribution in [0.25, 0.3) is 0 Å². The van der Waals surface area contributed by atoms with Crippen LogP contribution in [0.15, 0.2) is 47.1 Å². The fourth-order valence-corrected chi connectivity index (χ4v) is 3.30. The number of hydrogen-bond acceptors (Lipinski definition) is 4. The SMILES string of the molecule is COc1ccc(CN2CCC(CNc3ccc(Br)cn3)CC2)cc1. The van der Waals surface area contributed by atoms with Gasteiger partial charge < -0.3 is 10.1 Å². The summed E-state index contributed by atoms with van der Waals surface area (Å²) in [6.07, 6.45) is 4.30. The van der Waals surface area contributed by atoms with Crippen molar-refractivity contribution in [2.24, 2.45) is 5.92 Å². The average molecular weight is 390 g/mol. The van der Waals surface area contributed by atoms with Gasteiger partial charge >= 0.3 is 0 Å². The van der Waals surface area contributed by atoms with Gasteiger partial charge in [0.05, 0.1) is 7.11 Å². The lowest BCUT2D eigenvalue weighted by atomic mass is 9.96. The third-order valence-corrected chi connectivity index (χ3v) is 5.04. The number of piperidine rings is 1. The van der Waals surface area contributed by atoms with Crippen LogP contribution in [0.5, 0.6) is 5.75 Å². The summed E-state index contributed by atoms with van der Waals surface area (Å²) < 4.78 is 6.23. The van der Waals surface area contributed by atoms with Crippen LogP contribution in [0.3, 0.4) is 0 Å². The fraction of sp³-hybridized carbons (Fsp3) is 0.421. The number of benzene rings is 1. The predicted octanol–water partition coefficient (Wildman–Crippen LogP) is 4.18. The second-order valence-electron chi connectivity index (χ2n) is 6.31. The number of likely N-dealkylation sites (tertiary alicyclic amines) is 1. The van der Waals surface area contributed by atoms with E-state index < -0.39 is 0 Å². The van der Waals surface area contributed by atoms with Gasteiger partial charge in [0.25, 0.3) is 0 Å². The quantitative estimate of drug-likeness (QED) is 0.803. The number of ether oxygens (including phenoxy) is 1. The van der Waals surface area contributed by atoms with Gasteiger partial charge in [0.15, 0.2) is 0 Å². The maximum atomic E-state index is 5.21. The van der Waals surface area contributed by atoms with Crippen molar-refractivity contribution in [2.45, 2.75) is 19.4 Å². The summed E-state index contributed by atoms with van der Waals surface area (Å²) in [5, 5.41) is 3.45. The van der Waals surface area contributed by atoms with Gasteiger partial charge in [0, 0.05) is 23.8 Å². The molecule has 0 saturated carbocycles. The summed E-state index contributed by atoms with van der Waals surface area (Å²) in [4.78, 5) is 6.91. The van der Waals surface area contributed by atoms with Gasteiger partial charge in [-0.15, -0.1) is 0 Å². The van der Waals surface area contributed by atoms with Crippen LogP contribution in [0.2, 0.25) is 0 Å². The summed E-state index contributed by atoms with van der Waals surface area (Å²) in [5.74, 6) is 2.60. The van der Waals surface area contributed by atoms with Crippen LogP contribution in [0, 0.1) is 5.92 Å². The molecule has 1 fully saturated rings. The zero-order chi connectivity index (χ0) is 16.8. The molecule has 24 heavy (non-hydrogen) atoms. The molecule has 0 amide bonds. The number of nitrogens with one attached hydrogen (secondary N) is 1. The van der Waals surface area contributed by atoms with Crippen molar-refractivity contribution < 1.29 is 4.74 Å². The highest BCUT2D eigenvalue weighted by molar-refractivity contribution is 9.10. The van der Waals surface area contributed by atoms with E-state index in [9.17, 15) is 0 Å². The monoisotopic (exact) mass is 389 g/mol. The molecule has 0 spiro atoms. The number of halogens is 1. The Bertz CT molecular complexity index is 622. The third kappa shape index (κ3) is 4.95. The van der Waals surface area contributed by atoms with Crippen LogP contribution in [-0.2, 0) is 6.54 Å². The second kappa shape index (κ2) is 8.49. The first-order chi connectivity index (χ1) is 11.7. The molecule has 1 aliphatic rings. The Hall–Kier alpha value is -1.59. The van der Waals surface area contributed by atoms with E-state index in [1.54, 1.807) is 7.11 Å². The first-order valence-electron chi connectivity index (χ1n) is 8.43. The first-order valence-corrected chi connectivity index (χ1v) is 9.23. The van der Waals surface area contributed by atoms with Gasteiger partial charge in [-0.2, -0.15) is 0 Å². The third-order valence-electron chi connectivity index (χ3n) is 4.57. The summed E-state index contributed by atoms with van der Waals surface area (Å²) >= 11 is 3.41. The molecule has 1 aromatic heterocycles. The molecule has 0 radical (unpaired) electrons. The molecule has 2 aromatic rings. The molecular formula is C19H24BrN3O. The highest BCUT2D eigenvalue weighted by atomic mass is 79.9. The lowest BCUT2D eigenvalue weighted by Crippen LogP contribution is -2.35. The van der Waals surface area contributed by atoms with Crippen molar-refractivity contribution in [3.63, 3.8) is 0 Å². The Labute approximate surface area is 152 Å². The molecule has 1 aromatic carbocycles. The van der Waals surface area contributed by atoms with Crippen LogP contribution in [0.1, 0.15) is 18.4 Å². The van der Waals surface area contributed by atoms with Gasteiger partial charge in [-0.1, -0.05) is 12.1 Å². The fourth-order valence-electron chi connectivity index (χ4n) is 3.07.